The van der Waals surface area contributed by atoms with Crippen LogP contribution in [-0.2, 0) is 4.79 Å². The summed E-state index contributed by atoms with van der Waals surface area (Å²) >= 11 is 6.45. The van der Waals surface area contributed by atoms with Gasteiger partial charge in [0.1, 0.15) is 5.78 Å². The molecule has 1 aromatic rings. The Morgan fingerprint density at radius 2 is 1.94 bits per heavy atom. The fraction of sp³-hybridized carbons (Fsp3) is 0.273. The lowest BCUT2D eigenvalue weighted by atomic mass is 10.2. The first kappa shape index (κ1) is 13.8. The summed E-state index contributed by atoms with van der Waals surface area (Å²) in [6.07, 6.45) is 0. The molecule has 1 atom stereocenters. The van der Waals surface area contributed by atoms with Crippen LogP contribution in [0.2, 0.25) is 0 Å². The fourth-order valence-corrected chi connectivity index (χ4v) is 2.36. The molecular formula is C11H11NO3S2. The van der Waals surface area contributed by atoms with Gasteiger partial charge in [-0.05, 0) is 31.5 Å². The van der Waals surface area contributed by atoms with Crippen LogP contribution < -0.4 is 0 Å². The first-order valence-corrected chi connectivity index (χ1v) is 6.16. The largest absolute Gasteiger partial charge is 0.299 e. The highest BCUT2D eigenvalue weighted by atomic mass is 32.2. The van der Waals surface area contributed by atoms with Crippen LogP contribution >= 0.6 is 24.0 Å². The molecular weight excluding hydrogens is 258 g/mol. The maximum absolute atomic E-state index is 11.1. The van der Waals surface area contributed by atoms with Crippen LogP contribution in [0.3, 0.4) is 0 Å². The molecule has 0 N–H and O–H groups in total. The number of nitrogens with zero attached hydrogens (tertiary/aromatic N) is 1. The van der Waals surface area contributed by atoms with Gasteiger partial charge >= 0.3 is 0 Å². The predicted octanol–water partition coefficient (Wildman–Crippen LogP) is 2.98. The van der Waals surface area contributed by atoms with Crippen LogP contribution in [0.25, 0.3) is 0 Å². The van der Waals surface area contributed by atoms with Crippen LogP contribution in [-0.4, -0.2) is 20.2 Å². The second-order valence-electron chi connectivity index (χ2n) is 3.46. The number of hydrogen-bond donors (Lipinski definition) is 0. The summed E-state index contributed by atoms with van der Waals surface area (Å²) in [4.78, 5) is 21.1. The number of nitro groups is 1. The molecule has 1 aromatic carbocycles. The van der Waals surface area contributed by atoms with Crippen LogP contribution in [0.5, 0.6) is 0 Å². The molecule has 0 heterocycles. The molecule has 4 nitrogen and oxygen atoms in total. The molecule has 0 aliphatic rings. The smallest absolute Gasteiger partial charge is 0.269 e. The zero-order valence-electron chi connectivity index (χ0n) is 9.38. The summed E-state index contributed by atoms with van der Waals surface area (Å²) in [5.41, 5.74) is 0.755. The van der Waals surface area contributed by atoms with E-state index in [1.165, 1.54) is 30.8 Å². The van der Waals surface area contributed by atoms with E-state index >= 15 is 0 Å². The number of carbonyl (C=O) groups is 1. The minimum atomic E-state index is -0.460. The molecule has 0 aliphatic heterocycles. The number of benzene rings is 1. The molecule has 0 saturated heterocycles. The van der Waals surface area contributed by atoms with Gasteiger partial charge in [-0.1, -0.05) is 12.2 Å². The van der Waals surface area contributed by atoms with Crippen molar-refractivity contribution in [3.63, 3.8) is 0 Å². The molecule has 90 valence electrons. The zero-order chi connectivity index (χ0) is 13.0. The van der Waals surface area contributed by atoms with Gasteiger partial charge in [0.15, 0.2) is 0 Å². The Balaban J connectivity index is 2.77. The number of non-ortho nitro benzene ring substituents is 1. The maximum Gasteiger partial charge on any atom is 0.269 e. The monoisotopic (exact) mass is 269 g/mol. The van der Waals surface area contributed by atoms with Gasteiger partial charge in [0, 0.05) is 12.1 Å². The second-order valence-corrected chi connectivity index (χ2v) is 5.48. The Morgan fingerprint density at radius 1 is 1.41 bits per heavy atom. The molecule has 0 bridgehead atoms. The lowest BCUT2D eigenvalue weighted by Crippen LogP contribution is -2.11. The van der Waals surface area contributed by atoms with E-state index in [4.69, 9.17) is 12.2 Å². The van der Waals surface area contributed by atoms with Gasteiger partial charge in [0.2, 0.25) is 0 Å². The van der Waals surface area contributed by atoms with Crippen molar-refractivity contribution in [2.45, 2.75) is 19.1 Å². The van der Waals surface area contributed by atoms with E-state index in [2.05, 4.69) is 0 Å². The SMILES string of the molecule is CC(=O)C(C)SC(=S)c1ccc([N+](=O)[O-])cc1. The van der Waals surface area contributed by atoms with Crippen molar-refractivity contribution in [3.8, 4) is 0 Å². The van der Waals surface area contributed by atoms with Gasteiger partial charge in [-0.25, -0.2) is 0 Å². The van der Waals surface area contributed by atoms with Crippen LogP contribution in [0.1, 0.15) is 19.4 Å². The van der Waals surface area contributed by atoms with Crippen molar-refractivity contribution in [2.75, 3.05) is 0 Å². The summed E-state index contributed by atoms with van der Waals surface area (Å²) in [7, 11) is 0. The molecule has 17 heavy (non-hydrogen) atoms. The Morgan fingerprint density at radius 3 is 2.35 bits per heavy atom. The lowest BCUT2D eigenvalue weighted by Gasteiger charge is -2.08. The number of Topliss-reactive ketones (excluding diaryl/α,β-unsaturated/α-hetero) is 1. The lowest BCUT2D eigenvalue weighted by molar-refractivity contribution is -0.384. The van der Waals surface area contributed by atoms with Crippen molar-refractivity contribution >= 4 is 39.6 Å². The van der Waals surface area contributed by atoms with E-state index in [9.17, 15) is 14.9 Å². The molecule has 6 heteroatoms. The van der Waals surface area contributed by atoms with Crippen molar-refractivity contribution < 1.29 is 9.72 Å². The van der Waals surface area contributed by atoms with Gasteiger partial charge in [0.05, 0.1) is 14.4 Å². The summed E-state index contributed by atoms with van der Waals surface area (Å²) in [6.45, 7) is 3.29. The van der Waals surface area contributed by atoms with Gasteiger partial charge in [0.25, 0.3) is 5.69 Å². The third kappa shape index (κ3) is 3.90. The standard InChI is InChI=1S/C11H11NO3S2/c1-7(13)8(2)17-11(16)9-3-5-10(6-4-9)12(14)15/h3-6,8H,1-2H3. The molecule has 0 radical (unpaired) electrons. The molecule has 0 fully saturated rings. The molecule has 0 aromatic heterocycles. The van der Waals surface area contributed by atoms with E-state index in [1.54, 1.807) is 19.1 Å². The zero-order valence-corrected chi connectivity index (χ0v) is 11.0. The van der Waals surface area contributed by atoms with Crippen molar-refractivity contribution in [1.82, 2.24) is 0 Å². The van der Waals surface area contributed by atoms with Gasteiger partial charge < -0.3 is 0 Å². The number of thioether (sulfide) groups is 1. The number of carbonyl (C=O) groups excluding carboxylic acids is 1. The van der Waals surface area contributed by atoms with Crippen molar-refractivity contribution in [3.05, 3.63) is 39.9 Å². The molecule has 1 rings (SSSR count). The highest BCUT2D eigenvalue weighted by Gasteiger charge is 2.13. The Labute approximate surface area is 109 Å². The van der Waals surface area contributed by atoms with E-state index < -0.39 is 4.92 Å². The molecule has 0 spiro atoms. The summed E-state index contributed by atoms with van der Waals surface area (Å²) in [6, 6.07) is 6.00. The van der Waals surface area contributed by atoms with Gasteiger partial charge in [-0.2, -0.15) is 0 Å². The Hall–Kier alpha value is -1.27. The second kappa shape index (κ2) is 5.88. The number of nitro benzene ring substituents is 1. The number of hydrogen-bond acceptors (Lipinski definition) is 5. The van der Waals surface area contributed by atoms with E-state index in [0.717, 1.165) is 5.56 Å². The van der Waals surface area contributed by atoms with Crippen molar-refractivity contribution in [2.24, 2.45) is 0 Å². The van der Waals surface area contributed by atoms with Crippen LogP contribution in [0, 0.1) is 10.1 Å². The quantitative estimate of drug-likeness (QED) is 0.478. The molecule has 0 amide bonds. The number of thiocarbonyl (C=S) groups is 1. The van der Waals surface area contributed by atoms with Crippen LogP contribution in [0.15, 0.2) is 24.3 Å². The maximum atomic E-state index is 11.1. The van der Waals surface area contributed by atoms with Gasteiger partial charge in [-0.3, -0.25) is 14.9 Å². The number of rotatable bonds is 4. The van der Waals surface area contributed by atoms with Crippen LogP contribution in [0.4, 0.5) is 5.69 Å². The average molecular weight is 269 g/mol. The molecule has 0 saturated carbocycles. The minimum absolute atomic E-state index is 0.0289. The van der Waals surface area contributed by atoms with Crippen molar-refractivity contribution in [1.29, 1.82) is 0 Å². The highest BCUT2D eigenvalue weighted by Crippen LogP contribution is 2.21. The normalized spacial score (nSPS) is 11.9. The van der Waals surface area contributed by atoms with E-state index in [0.29, 0.717) is 4.20 Å². The Bertz CT molecular complexity index is 456. The first-order chi connectivity index (χ1) is 7.91. The topological polar surface area (TPSA) is 60.2 Å². The fourth-order valence-electron chi connectivity index (χ4n) is 1.03. The minimum Gasteiger partial charge on any atom is -0.299 e. The van der Waals surface area contributed by atoms with Gasteiger partial charge in [-0.15, -0.1) is 11.8 Å². The number of ketones is 1. The van der Waals surface area contributed by atoms with E-state index in [-0.39, 0.29) is 16.7 Å². The summed E-state index contributed by atoms with van der Waals surface area (Å²) < 4.78 is 0.572. The predicted molar refractivity (Wildman–Crippen MR) is 72.5 cm³/mol. The van der Waals surface area contributed by atoms with E-state index in [1.807, 2.05) is 0 Å². The first-order valence-electron chi connectivity index (χ1n) is 4.87. The molecule has 0 aliphatic carbocycles. The Kier molecular flexibility index (Phi) is 4.77. The third-order valence-electron chi connectivity index (χ3n) is 2.17. The average Bonchev–Trinajstić information content (AvgIpc) is 2.28. The highest BCUT2D eigenvalue weighted by molar-refractivity contribution is 8.24. The molecule has 1 unspecified atom stereocenters. The summed E-state index contributed by atoms with van der Waals surface area (Å²) in [5, 5.41) is 10.3. The summed E-state index contributed by atoms with van der Waals surface area (Å²) in [5.74, 6) is 0.0549. The third-order valence-corrected chi connectivity index (χ3v) is 3.83.